The highest BCUT2D eigenvalue weighted by atomic mass is 32.2. The third-order valence-electron chi connectivity index (χ3n) is 1.46. The molecule has 0 aromatic rings. The van der Waals surface area contributed by atoms with E-state index in [1.807, 2.05) is 32.9 Å². The summed E-state index contributed by atoms with van der Waals surface area (Å²) in [5, 5.41) is 0. The zero-order valence-corrected chi connectivity index (χ0v) is 8.97. The number of rotatable bonds is 1. The highest BCUT2D eigenvalue weighted by Crippen LogP contribution is 2.17. The molecule has 0 spiro atoms. The quantitative estimate of drug-likeness (QED) is 0.589. The van der Waals surface area contributed by atoms with Crippen molar-refractivity contribution in [1.29, 1.82) is 0 Å². The van der Waals surface area contributed by atoms with Crippen molar-refractivity contribution in [2.45, 2.75) is 25.5 Å². The van der Waals surface area contributed by atoms with Crippen molar-refractivity contribution in [3.8, 4) is 0 Å². The lowest BCUT2D eigenvalue weighted by molar-refractivity contribution is 0.561. The minimum atomic E-state index is -1.17. The van der Waals surface area contributed by atoms with Crippen molar-refractivity contribution in [2.24, 2.45) is 9.39 Å². The average Bonchev–Trinajstić information content (AvgIpc) is 2.04. The average molecular weight is 198 g/mol. The van der Waals surface area contributed by atoms with Gasteiger partial charge in [-0.3, -0.25) is 4.99 Å². The first kappa shape index (κ1) is 10.5. The molecule has 1 aliphatic rings. The van der Waals surface area contributed by atoms with Crippen molar-refractivity contribution in [1.82, 2.24) is 0 Å². The molecule has 0 aliphatic carbocycles. The first-order chi connectivity index (χ1) is 6.00. The summed E-state index contributed by atoms with van der Waals surface area (Å²) in [6, 6.07) is 0. The van der Waals surface area contributed by atoms with E-state index in [4.69, 9.17) is 0 Å². The molecule has 13 heavy (non-hydrogen) atoms. The van der Waals surface area contributed by atoms with Gasteiger partial charge < -0.3 is 4.55 Å². The minimum absolute atomic E-state index is 0.290. The van der Waals surface area contributed by atoms with E-state index in [1.54, 1.807) is 6.21 Å². The van der Waals surface area contributed by atoms with E-state index in [0.29, 0.717) is 6.54 Å². The van der Waals surface area contributed by atoms with Gasteiger partial charge in [0.05, 0.1) is 6.54 Å². The predicted octanol–water partition coefficient (Wildman–Crippen LogP) is 1.53. The van der Waals surface area contributed by atoms with Crippen LogP contribution in [0.2, 0.25) is 0 Å². The van der Waals surface area contributed by atoms with Gasteiger partial charge in [-0.05, 0) is 32.9 Å². The third kappa shape index (κ3) is 3.32. The largest absolute Gasteiger partial charge is 0.591 e. The summed E-state index contributed by atoms with van der Waals surface area (Å²) in [7, 11) is 0. The van der Waals surface area contributed by atoms with Crippen molar-refractivity contribution in [3.63, 3.8) is 0 Å². The van der Waals surface area contributed by atoms with Crippen LogP contribution in [0.3, 0.4) is 0 Å². The molecule has 1 unspecified atom stereocenters. The van der Waals surface area contributed by atoms with Crippen LogP contribution in [-0.4, -0.2) is 27.8 Å². The normalized spacial score (nSPS) is 22.3. The van der Waals surface area contributed by atoms with Crippen LogP contribution >= 0.6 is 0 Å². The van der Waals surface area contributed by atoms with Gasteiger partial charge in [0.1, 0.15) is 21.8 Å². The minimum Gasteiger partial charge on any atom is -0.591 e. The van der Waals surface area contributed by atoms with Crippen molar-refractivity contribution in [3.05, 3.63) is 12.2 Å². The second-order valence-corrected chi connectivity index (χ2v) is 5.70. The fraction of sp³-hybridized carbons (Fsp3) is 0.556. The Morgan fingerprint density at radius 3 is 2.69 bits per heavy atom. The van der Waals surface area contributed by atoms with E-state index < -0.39 is 11.4 Å². The van der Waals surface area contributed by atoms with Crippen LogP contribution < -0.4 is 0 Å². The molecule has 0 aromatic carbocycles. The van der Waals surface area contributed by atoms with Crippen LogP contribution in [0.15, 0.2) is 21.5 Å². The Labute approximate surface area is 82.0 Å². The number of hydrogen-bond donors (Lipinski definition) is 0. The van der Waals surface area contributed by atoms with Gasteiger partial charge in [0, 0.05) is 6.21 Å². The van der Waals surface area contributed by atoms with Gasteiger partial charge in [-0.25, -0.2) is 0 Å². The summed E-state index contributed by atoms with van der Waals surface area (Å²) in [5.41, 5.74) is 0.788. The highest BCUT2D eigenvalue weighted by molar-refractivity contribution is 7.91. The van der Waals surface area contributed by atoms with Crippen molar-refractivity contribution >= 4 is 23.3 Å². The second-order valence-electron chi connectivity index (χ2n) is 3.79. The Morgan fingerprint density at radius 1 is 1.54 bits per heavy atom. The van der Waals surface area contributed by atoms with E-state index >= 15 is 0 Å². The maximum absolute atomic E-state index is 11.6. The van der Waals surface area contributed by atoms with Crippen LogP contribution in [0.5, 0.6) is 0 Å². The molecular weight excluding hydrogens is 184 g/mol. The van der Waals surface area contributed by atoms with E-state index in [9.17, 15) is 4.55 Å². The second kappa shape index (κ2) is 4.07. The fourth-order valence-electron chi connectivity index (χ4n) is 0.717. The summed E-state index contributed by atoms with van der Waals surface area (Å²) >= 11 is -1.17. The SMILES string of the molecule is CC(C)(C)[S+]([O-])/N=C1/C=CC=NC1. The fourth-order valence-corrected chi connectivity index (χ4v) is 1.32. The topological polar surface area (TPSA) is 47.8 Å². The Morgan fingerprint density at radius 2 is 2.23 bits per heavy atom. The first-order valence-electron chi connectivity index (χ1n) is 4.16. The highest BCUT2D eigenvalue weighted by Gasteiger charge is 2.26. The van der Waals surface area contributed by atoms with Crippen LogP contribution in [0.25, 0.3) is 0 Å². The molecule has 0 bridgehead atoms. The van der Waals surface area contributed by atoms with Crippen LogP contribution in [-0.2, 0) is 11.4 Å². The summed E-state index contributed by atoms with van der Waals surface area (Å²) in [4.78, 5) is 4.02. The molecule has 1 rings (SSSR count). The molecule has 3 nitrogen and oxygen atoms in total. The molecule has 0 aromatic heterocycles. The maximum Gasteiger partial charge on any atom is 0.144 e. The predicted molar refractivity (Wildman–Crippen MR) is 57.8 cm³/mol. The van der Waals surface area contributed by atoms with Gasteiger partial charge >= 0.3 is 0 Å². The number of nitrogens with zero attached hydrogens (tertiary/aromatic N) is 2. The Balaban J connectivity index is 2.66. The zero-order valence-electron chi connectivity index (χ0n) is 8.15. The molecule has 0 fully saturated rings. The Bertz CT molecular complexity index is 263. The van der Waals surface area contributed by atoms with E-state index in [1.165, 1.54) is 0 Å². The number of dihydropyridines is 1. The molecular formula is C9H14N2OS. The zero-order chi connectivity index (χ0) is 9.90. The molecule has 0 N–H and O–H groups in total. The maximum atomic E-state index is 11.6. The summed E-state index contributed by atoms with van der Waals surface area (Å²) in [6.45, 7) is 6.26. The summed E-state index contributed by atoms with van der Waals surface area (Å²) < 4.78 is 15.4. The molecule has 1 aliphatic heterocycles. The van der Waals surface area contributed by atoms with E-state index in [2.05, 4.69) is 9.39 Å². The van der Waals surface area contributed by atoms with Crippen LogP contribution in [0.4, 0.5) is 0 Å². The monoisotopic (exact) mass is 198 g/mol. The lowest BCUT2D eigenvalue weighted by Crippen LogP contribution is -2.27. The standard InChI is InChI=1S/C9H14N2OS/c1-9(2,3)13(12)11-8-5-4-6-10-7-8/h4-6H,7H2,1-3H3/b11-8-. The van der Waals surface area contributed by atoms with Crippen LogP contribution in [0.1, 0.15) is 20.8 Å². The van der Waals surface area contributed by atoms with Crippen molar-refractivity contribution < 1.29 is 4.55 Å². The van der Waals surface area contributed by atoms with Gasteiger partial charge in [0.15, 0.2) is 0 Å². The third-order valence-corrected chi connectivity index (χ3v) is 2.91. The molecule has 1 heterocycles. The molecule has 72 valence electrons. The molecule has 0 amide bonds. The lowest BCUT2D eigenvalue weighted by Gasteiger charge is -2.18. The van der Waals surface area contributed by atoms with Crippen LogP contribution in [0, 0.1) is 0 Å². The molecule has 0 radical (unpaired) electrons. The van der Waals surface area contributed by atoms with Gasteiger partial charge in [-0.2, -0.15) is 0 Å². The Hall–Kier alpha value is -0.610. The molecule has 1 atom stereocenters. The van der Waals surface area contributed by atoms with Gasteiger partial charge in [0.25, 0.3) is 0 Å². The Kier molecular flexibility index (Phi) is 3.27. The van der Waals surface area contributed by atoms with Gasteiger partial charge in [-0.15, -0.1) is 0 Å². The smallest absolute Gasteiger partial charge is 0.144 e. The number of hydrogen-bond acceptors (Lipinski definition) is 3. The van der Waals surface area contributed by atoms with Crippen molar-refractivity contribution in [2.75, 3.05) is 6.54 Å². The molecule has 4 heteroatoms. The lowest BCUT2D eigenvalue weighted by atomic mass is 10.3. The molecule has 0 saturated heterocycles. The van der Waals surface area contributed by atoms with Gasteiger partial charge in [0.2, 0.25) is 0 Å². The van der Waals surface area contributed by atoms with E-state index in [-0.39, 0.29) is 4.75 Å². The number of allylic oxidation sites excluding steroid dienone is 1. The summed E-state index contributed by atoms with van der Waals surface area (Å²) in [5.74, 6) is 0. The summed E-state index contributed by atoms with van der Waals surface area (Å²) in [6.07, 6.45) is 5.37. The van der Waals surface area contributed by atoms with Gasteiger partial charge in [-0.1, -0.05) is 4.40 Å². The van der Waals surface area contributed by atoms with E-state index in [0.717, 1.165) is 5.71 Å². The first-order valence-corrected chi connectivity index (χ1v) is 5.27. The molecule has 0 saturated carbocycles. The number of aliphatic imine (C=N–C) groups is 1.